The molecule has 0 fully saturated rings. The highest BCUT2D eigenvalue weighted by Gasteiger charge is 2.17. The molecular formula is C10H9BrN4O4S. The van der Waals surface area contributed by atoms with Crippen molar-refractivity contribution >= 4 is 33.7 Å². The molecule has 0 aliphatic carbocycles. The molecule has 0 spiro atoms. The molecule has 0 bridgehead atoms. The zero-order valence-corrected chi connectivity index (χ0v) is 12.9. The zero-order chi connectivity index (χ0) is 14.5. The first-order chi connectivity index (χ1) is 9.63. The first kappa shape index (κ1) is 14.7. The first-order valence-corrected chi connectivity index (χ1v) is 7.00. The second-order valence-corrected chi connectivity index (χ2v) is 4.98. The number of halogens is 1. The third-order valence-electron chi connectivity index (χ3n) is 1.92. The van der Waals surface area contributed by atoms with Gasteiger partial charge < -0.3 is 13.9 Å². The second-order valence-electron chi connectivity index (χ2n) is 3.21. The van der Waals surface area contributed by atoms with Crippen molar-refractivity contribution in [1.82, 2.24) is 20.2 Å². The number of rotatable bonds is 5. The molecule has 2 rings (SSSR count). The largest absolute Gasteiger partial charge is 0.480 e. The van der Waals surface area contributed by atoms with Crippen LogP contribution in [0.3, 0.4) is 0 Å². The van der Waals surface area contributed by atoms with E-state index in [9.17, 15) is 4.79 Å². The quantitative estimate of drug-likeness (QED) is 0.584. The van der Waals surface area contributed by atoms with E-state index in [4.69, 9.17) is 13.9 Å². The van der Waals surface area contributed by atoms with Gasteiger partial charge in [0.05, 0.1) is 18.2 Å². The number of aromatic nitrogens is 4. The molecule has 0 aliphatic heterocycles. The normalized spacial score (nSPS) is 10.3. The molecule has 2 heterocycles. The molecule has 10 heteroatoms. The molecule has 2 aromatic rings. The van der Waals surface area contributed by atoms with Crippen LogP contribution in [0.4, 0.5) is 0 Å². The van der Waals surface area contributed by atoms with Crippen LogP contribution >= 0.6 is 27.7 Å². The van der Waals surface area contributed by atoms with Gasteiger partial charge in [0.2, 0.25) is 5.88 Å². The van der Waals surface area contributed by atoms with Crippen LogP contribution in [0.1, 0.15) is 17.6 Å². The number of esters is 1. The molecule has 20 heavy (non-hydrogen) atoms. The first-order valence-electron chi connectivity index (χ1n) is 5.39. The van der Waals surface area contributed by atoms with Crippen molar-refractivity contribution in [3.05, 3.63) is 16.6 Å². The van der Waals surface area contributed by atoms with E-state index in [1.807, 2.05) is 0 Å². The summed E-state index contributed by atoms with van der Waals surface area (Å²) in [6.45, 7) is 1.92. The fourth-order valence-electron chi connectivity index (χ4n) is 1.13. The average Bonchev–Trinajstić information content (AvgIpc) is 2.90. The molecule has 2 aromatic heterocycles. The smallest absolute Gasteiger partial charge is 0.396 e. The van der Waals surface area contributed by atoms with Gasteiger partial charge in [-0.25, -0.2) is 9.78 Å². The van der Waals surface area contributed by atoms with Gasteiger partial charge in [0.25, 0.3) is 5.22 Å². The molecule has 0 saturated carbocycles. The Kier molecular flexibility index (Phi) is 4.90. The maximum Gasteiger partial charge on any atom is 0.396 e. The van der Waals surface area contributed by atoms with Crippen molar-refractivity contribution in [1.29, 1.82) is 0 Å². The van der Waals surface area contributed by atoms with Crippen molar-refractivity contribution < 1.29 is 18.7 Å². The van der Waals surface area contributed by atoms with E-state index < -0.39 is 5.97 Å². The fourth-order valence-corrected chi connectivity index (χ4v) is 2.08. The van der Waals surface area contributed by atoms with Crippen LogP contribution < -0.4 is 4.74 Å². The Bertz CT molecular complexity index is 621. The number of nitrogens with zero attached hydrogens (tertiary/aromatic N) is 4. The van der Waals surface area contributed by atoms with Crippen LogP contribution in [-0.2, 0) is 4.74 Å². The van der Waals surface area contributed by atoms with Gasteiger partial charge in [-0.1, -0.05) is 5.10 Å². The predicted octanol–water partition coefficient (Wildman–Crippen LogP) is 1.96. The molecule has 0 atom stereocenters. The molecule has 0 aliphatic rings. The lowest BCUT2D eigenvalue weighted by Gasteiger charge is -2.02. The van der Waals surface area contributed by atoms with Crippen molar-refractivity contribution in [2.45, 2.75) is 17.3 Å². The van der Waals surface area contributed by atoms with E-state index in [1.54, 1.807) is 6.92 Å². The molecule has 106 valence electrons. The summed E-state index contributed by atoms with van der Waals surface area (Å²) in [5.41, 5.74) is 0. The monoisotopic (exact) mass is 360 g/mol. The molecular weight excluding hydrogens is 352 g/mol. The number of hydrogen-bond acceptors (Lipinski definition) is 9. The maximum absolute atomic E-state index is 11.4. The summed E-state index contributed by atoms with van der Waals surface area (Å²) in [6, 6.07) is 0. The molecule has 0 aromatic carbocycles. The van der Waals surface area contributed by atoms with E-state index in [1.165, 1.54) is 13.3 Å². The summed E-state index contributed by atoms with van der Waals surface area (Å²) in [5.74, 6) is -0.493. The SMILES string of the molecule is CCOC(=O)c1nnc(Sc2ncc(Br)c(OC)n2)o1. The number of carbonyl (C=O) groups is 1. The van der Waals surface area contributed by atoms with Gasteiger partial charge in [-0.15, -0.1) is 5.10 Å². The van der Waals surface area contributed by atoms with E-state index >= 15 is 0 Å². The van der Waals surface area contributed by atoms with E-state index in [0.29, 0.717) is 15.5 Å². The van der Waals surface area contributed by atoms with E-state index in [2.05, 4.69) is 36.1 Å². The molecule has 0 radical (unpaired) electrons. The number of ether oxygens (including phenoxy) is 2. The van der Waals surface area contributed by atoms with Gasteiger partial charge in [0.15, 0.2) is 5.16 Å². The molecule has 0 N–H and O–H groups in total. The molecule has 8 nitrogen and oxygen atoms in total. The Morgan fingerprint density at radius 3 is 3.00 bits per heavy atom. The topological polar surface area (TPSA) is 100 Å². The summed E-state index contributed by atoms with van der Waals surface area (Å²) in [5, 5.41) is 7.78. The van der Waals surface area contributed by atoms with Crippen LogP contribution in [0.15, 0.2) is 25.5 Å². The lowest BCUT2D eigenvalue weighted by Crippen LogP contribution is -2.04. The molecule has 0 saturated heterocycles. The summed E-state index contributed by atoms with van der Waals surface area (Å²) >= 11 is 4.26. The van der Waals surface area contributed by atoms with Crippen molar-refractivity contribution in [2.75, 3.05) is 13.7 Å². The Hall–Kier alpha value is -1.68. The summed E-state index contributed by atoms with van der Waals surface area (Å²) in [6.07, 6.45) is 1.54. The predicted molar refractivity (Wildman–Crippen MR) is 70.7 cm³/mol. The van der Waals surface area contributed by atoms with Crippen LogP contribution in [0.2, 0.25) is 0 Å². The fraction of sp³-hybridized carbons (Fsp3) is 0.300. The Balaban J connectivity index is 2.12. The van der Waals surface area contributed by atoms with Crippen LogP contribution in [0.5, 0.6) is 5.88 Å². The standard InChI is InChI=1S/C10H9BrN4O4S/c1-3-18-8(16)7-14-15-10(19-7)20-9-12-4-5(11)6(13-9)17-2/h4H,3H2,1-2H3. The summed E-state index contributed by atoms with van der Waals surface area (Å²) in [4.78, 5) is 19.5. The minimum absolute atomic E-state index is 0.137. The van der Waals surface area contributed by atoms with Gasteiger partial charge in [0, 0.05) is 18.0 Å². The van der Waals surface area contributed by atoms with Gasteiger partial charge in [-0.3, -0.25) is 0 Å². The number of carbonyl (C=O) groups excluding carboxylic acids is 1. The van der Waals surface area contributed by atoms with Gasteiger partial charge >= 0.3 is 11.9 Å². The summed E-state index contributed by atoms with van der Waals surface area (Å²) in [7, 11) is 1.49. The van der Waals surface area contributed by atoms with E-state index in [0.717, 1.165) is 11.8 Å². The van der Waals surface area contributed by atoms with Crippen LogP contribution in [0, 0.1) is 0 Å². The number of methoxy groups -OCH3 is 1. The minimum Gasteiger partial charge on any atom is -0.480 e. The van der Waals surface area contributed by atoms with Gasteiger partial charge in [0.1, 0.15) is 0 Å². The minimum atomic E-state index is -0.666. The van der Waals surface area contributed by atoms with Crippen molar-refractivity contribution in [2.24, 2.45) is 0 Å². The second kappa shape index (κ2) is 6.66. The van der Waals surface area contributed by atoms with Crippen molar-refractivity contribution in [3.63, 3.8) is 0 Å². The summed E-state index contributed by atoms with van der Waals surface area (Å²) < 4.78 is 15.6. The zero-order valence-electron chi connectivity index (χ0n) is 10.5. The Labute approximate surface area is 126 Å². The number of hydrogen-bond donors (Lipinski definition) is 0. The van der Waals surface area contributed by atoms with Gasteiger partial charge in [-0.05, 0) is 22.9 Å². The Morgan fingerprint density at radius 2 is 2.30 bits per heavy atom. The lowest BCUT2D eigenvalue weighted by atomic mass is 10.6. The Morgan fingerprint density at radius 1 is 1.50 bits per heavy atom. The highest BCUT2D eigenvalue weighted by molar-refractivity contribution is 9.10. The molecule has 0 amide bonds. The molecule has 0 unspecified atom stereocenters. The highest BCUT2D eigenvalue weighted by atomic mass is 79.9. The van der Waals surface area contributed by atoms with Gasteiger partial charge in [-0.2, -0.15) is 4.98 Å². The highest BCUT2D eigenvalue weighted by Crippen LogP contribution is 2.28. The third kappa shape index (κ3) is 3.45. The van der Waals surface area contributed by atoms with Crippen molar-refractivity contribution in [3.8, 4) is 5.88 Å². The lowest BCUT2D eigenvalue weighted by molar-refractivity contribution is 0.0475. The van der Waals surface area contributed by atoms with Crippen LogP contribution in [-0.4, -0.2) is 39.9 Å². The maximum atomic E-state index is 11.4. The van der Waals surface area contributed by atoms with E-state index in [-0.39, 0.29) is 17.7 Å². The average molecular weight is 361 g/mol. The van der Waals surface area contributed by atoms with Crippen LogP contribution in [0.25, 0.3) is 0 Å². The third-order valence-corrected chi connectivity index (χ3v) is 3.18.